The quantitative estimate of drug-likeness (QED) is 0.760. The average Bonchev–Trinajstić information content (AvgIpc) is 3.07. The third kappa shape index (κ3) is 2.74. The summed E-state index contributed by atoms with van der Waals surface area (Å²) in [6, 6.07) is 0. The highest BCUT2D eigenvalue weighted by molar-refractivity contribution is 5.89. The van der Waals surface area contributed by atoms with Gasteiger partial charge in [-0.2, -0.15) is 0 Å². The summed E-state index contributed by atoms with van der Waals surface area (Å²) in [6.45, 7) is 0.738. The molecule has 2 saturated carbocycles. The highest BCUT2D eigenvalue weighted by atomic mass is 16.4. The first kappa shape index (κ1) is 11.4. The van der Waals surface area contributed by atoms with Crippen molar-refractivity contribution >= 4 is 11.9 Å². The highest BCUT2D eigenvalue weighted by Crippen LogP contribution is 2.38. The molecule has 2 rings (SSSR count). The van der Waals surface area contributed by atoms with E-state index in [1.807, 2.05) is 0 Å². The summed E-state index contributed by atoms with van der Waals surface area (Å²) in [7, 11) is 0. The van der Waals surface area contributed by atoms with Gasteiger partial charge in [0.25, 0.3) is 0 Å². The van der Waals surface area contributed by atoms with Crippen molar-refractivity contribution < 1.29 is 14.7 Å². The van der Waals surface area contributed by atoms with Crippen LogP contribution in [0.1, 0.15) is 38.5 Å². The molecule has 0 aromatic heterocycles. The van der Waals surface area contributed by atoms with Gasteiger partial charge in [-0.1, -0.05) is 19.3 Å². The van der Waals surface area contributed by atoms with E-state index in [1.165, 1.54) is 32.1 Å². The normalized spacial score (nSPS) is 29.8. The molecule has 0 radical (unpaired) electrons. The first-order valence-electron chi connectivity index (χ1n) is 6.19. The van der Waals surface area contributed by atoms with Crippen molar-refractivity contribution in [2.45, 2.75) is 38.5 Å². The molecule has 0 bridgehead atoms. The Labute approximate surface area is 95.4 Å². The number of carboxylic acid groups (broad SMARTS) is 1. The Bertz CT molecular complexity index is 284. The van der Waals surface area contributed by atoms with Crippen LogP contribution < -0.4 is 5.32 Å². The van der Waals surface area contributed by atoms with Crippen LogP contribution in [0.4, 0.5) is 0 Å². The summed E-state index contributed by atoms with van der Waals surface area (Å²) in [4.78, 5) is 22.2. The van der Waals surface area contributed by atoms with Crippen molar-refractivity contribution in [3.63, 3.8) is 0 Å². The lowest BCUT2D eigenvalue weighted by atomic mass is 9.89. The van der Waals surface area contributed by atoms with E-state index in [4.69, 9.17) is 5.11 Å². The number of aliphatic carboxylic acids is 1. The molecule has 0 aromatic rings. The summed E-state index contributed by atoms with van der Waals surface area (Å²) in [5.41, 5.74) is 0. The predicted molar refractivity (Wildman–Crippen MR) is 58.8 cm³/mol. The number of carbonyl (C=O) groups is 2. The number of nitrogens with one attached hydrogen (secondary N) is 1. The third-order valence-corrected chi connectivity index (χ3v) is 3.73. The molecule has 2 N–H and O–H groups in total. The SMILES string of the molecule is O=C(O)[C@H]1C[C@H]1C(=O)NCC1CCCCC1. The Morgan fingerprint density at radius 2 is 1.81 bits per heavy atom. The van der Waals surface area contributed by atoms with Crippen LogP contribution in [0.5, 0.6) is 0 Å². The molecule has 1 amide bonds. The van der Waals surface area contributed by atoms with Gasteiger partial charge < -0.3 is 10.4 Å². The van der Waals surface area contributed by atoms with Gasteiger partial charge in [0.05, 0.1) is 11.8 Å². The first-order chi connectivity index (χ1) is 7.68. The van der Waals surface area contributed by atoms with Crippen LogP contribution in [-0.2, 0) is 9.59 Å². The lowest BCUT2D eigenvalue weighted by molar-refractivity contribution is -0.140. The zero-order chi connectivity index (χ0) is 11.5. The van der Waals surface area contributed by atoms with E-state index in [1.54, 1.807) is 0 Å². The summed E-state index contributed by atoms with van der Waals surface area (Å²) >= 11 is 0. The molecule has 0 aliphatic heterocycles. The maximum Gasteiger partial charge on any atom is 0.307 e. The second kappa shape index (κ2) is 4.85. The Hall–Kier alpha value is -1.06. The lowest BCUT2D eigenvalue weighted by Gasteiger charge is -2.21. The standard InChI is InChI=1S/C12H19NO3/c14-11(9-6-10(9)12(15)16)13-7-8-4-2-1-3-5-8/h8-10H,1-7H2,(H,13,14)(H,15,16)/t9-,10+/m1/s1. The van der Waals surface area contributed by atoms with E-state index >= 15 is 0 Å². The van der Waals surface area contributed by atoms with Gasteiger partial charge in [-0.25, -0.2) is 0 Å². The van der Waals surface area contributed by atoms with Gasteiger partial charge in [0, 0.05) is 6.54 Å². The fourth-order valence-corrected chi connectivity index (χ4v) is 2.52. The molecule has 0 unspecified atom stereocenters. The minimum absolute atomic E-state index is 0.0574. The molecule has 16 heavy (non-hydrogen) atoms. The van der Waals surface area contributed by atoms with Gasteiger partial charge >= 0.3 is 5.97 Å². The number of rotatable bonds is 4. The van der Waals surface area contributed by atoms with E-state index in [-0.39, 0.29) is 11.8 Å². The van der Waals surface area contributed by atoms with Gasteiger partial charge in [0.2, 0.25) is 5.91 Å². The Morgan fingerprint density at radius 1 is 1.12 bits per heavy atom. The fraction of sp³-hybridized carbons (Fsp3) is 0.833. The van der Waals surface area contributed by atoms with Crippen molar-refractivity contribution in [1.29, 1.82) is 0 Å². The average molecular weight is 225 g/mol. The van der Waals surface area contributed by atoms with Crippen LogP contribution in [0.25, 0.3) is 0 Å². The minimum atomic E-state index is -0.835. The third-order valence-electron chi connectivity index (χ3n) is 3.73. The molecule has 90 valence electrons. The highest BCUT2D eigenvalue weighted by Gasteiger charge is 2.48. The number of hydrogen-bond acceptors (Lipinski definition) is 2. The van der Waals surface area contributed by atoms with Crippen LogP contribution >= 0.6 is 0 Å². The van der Waals surface area contributed by atoms with Crippen molar-refractivity contribution in [2.75, 3.05) is 6.54 Å². The smallest absolute Gasteiger partial charge is 0.307 e. The van der Waals surface area contributed by atoms with Crippen molar-refractivity contribution in [1.82, 2.24) is 5.32 Å². The maximum atomic E-state index is 11.6. The van der Waals surface area contributed by atoms with Crippen LogP contribution in [0.3, 0.4) is 0 Å². The van der Waals surface area contributed by atoms with Crippen molar-refractivity contribution in [3.05, 3.63) is 0 Å². The van der Waals surface area contributed by atoms with Crippen LogP contribution in [0, 0.1) is 17.8 Å². The Kier molecular flexibility index (Phi) is 3.46. The molecule has 0 spiro atoms. The van der Waals surface area contributed by atoms with Crippen LogP contribution in [0.2, 0.25) is 0 Å². The molecule has 0 aromatic carbocycles. The topological polar surface area (TPSA) is 66.4 Å². The van der Waals surface area contributed by atoms with Crippen LogP contribution in [0.15, 0.2) is 0 Å². The molecular formula is C12H19NO3. The number of hydrogen-bond donors (Lipinski definition) is 2. The summed E-state index contributed by atoms with van der Waals surface area (Å²) < 4.78 is 0. The van der Waals surface area contributed by atoms with Gasteiger partial charge in [-0.3, -0.25) is 9.59 Å². The summed E-state index contributed by atoms with van der Waals surface area (Å²) in [6.07, 6.45) is 6.77. The molecule has 4 heteroatoms. The molecule has 4 nitrogen and oxygen atoms in total. The van der Waals surface area contributed by atoms with Gasteiger partial charge in [-0.15, -0.1) is 0 Å². The lowest BCUT2D eigenvalue weighted by Crippen LogP contribution is -2.32. The van der Waals surface area contributed by atoms with E-state index in [0.717, 1.165) is 6.54 Å². The molecule has 0 heterocycles. The zero-order valence-electron chi connectivity index (χ0n) is 9.45. The van der Waals surface area contributed by atoms with Gasteiger partial charge in [0.1, 0.15) is 0 Å². The molecule has 2 fully saturated rings. The maximum absolute atomic E-state index is 11.6. The molecule has 2 aliphatic rings. The summed E-state index contributed by atoms with van der Waals surface area (Å²) in [5, 5.41) is 11.6. The Balaban J connectivity index is 1.66. The minimum Gasteiger partial charge on any atom is -0.481 e. The van der Waals surface area contributed by atoms with E-state index in [0.29, 0.717) is 12.3 Å². The fourth-order valence-electron chi connectivity index (χ4n) is 2.52. The van der Waals surface area contributed by atoms with E-state index < -0.39 is 11.9 Å². The number of amides is 1. The second-order valence-corrected chi connectivity index (χ2v) is 5.04. The zero-order valence-corrected chi connectivity index (χ0v) is 9.45. The second-order valence-electron chi connectivity index (χ2n) is 5.04. The molecule has 0 saturated heterocycles. The van der Waals surface area contributed by atoms with E-state index in [2.05, 4.69) is 5.32 Å². The monoisotopic (exact) mass is 225 g/mol. The van der Waals surface area contributed by atoms with E-state index in [9.17, 15) is 9.59 Å². The van der Waals surface area contributed by atoms with Crippen LogP contribution in [-0.4, -0.2) is 23.5 Å². The number of carbonyl (C=O) groups excluding carboxylic acids is 1. The first-order valence-corrected chi connectivity index (χ1v) is 6.19. The van der Waals surface area contributed by atoms with Crippen molar-refractivity contribution in [2.24, 2.45) is 17.8 Å². The predicted octanol–water partition coefficient (Wildman–Crippen LogP) is 1.40. The van der Waals surface area contributed by atoms with Gasteiger partial charge in [0.15, 0.2) is 0 Å². The largest absolute Gasteiger partial charge is 0.481 e. The van der Waals surface area contributed by atoms with Crippen molar-refractivity contribution in [3.8, 4) is 0 Å². The van der Waals surface area contributed by atoms with Gasteiger partial charge in [-0.05, 0) is 25.2 Å². The molecular weight excluding hydrogens is 206 g/mol. The molecule has 2 atom stereocenters. The molecule has 2 aliphatic carbocycles. The number of carboxylic acids is 1. The summed E-state index contributed by atoms with van der Waals surface area (Å²) in [5.74, 6) is -0.969. The Morgan fingerprint density at radius 3 is 2.38 bits per heavy atom.